The molecule has 5 rings (SSSR count). The van der Waals surface area contributed by atoms with Crippen molar-refractivity contribution in [1.82, 2.24) is 15.5 Å². The van der Waals surface area contributed by atoms with E-state index in [0.717, 1.165) is 36.8 Å². The Hall–Kier alpha value is -4.45. The Balaban J connectivity index is 0.000000229. The fraction of sp³-hybridized carbons (Fsp3) is 0.553. The average Bonchev–Trinajstić information content (AvgIpc) is 3.74. The highest BCUT2D eigenvalue weighted by Crippen LogP contribution is 2.44. The summed E-state index contributed by atoms with van der Waals surface area (Å²) in [6, 6.07) is 15.4. The van der Waals surface area contributed by atoms with Crippen LogP contribution in [0.3, 0.4) is 0 Å². The van der Waals surface area contributed by atoms with Gasteiger partial charge in [-0.15, -0.1) is 0 Å². The number of benzene rings is 2. The quantitative estimate of drug-likeness (QED) is 0.233. The number of fused-ring (bicyclic) bond motifs is 3. The number of esters is 1. The van der Waals surface area contributed by atoms with Crippen LogP contribution in [-0.4, -0.2) is 78.4 Å². The molecule has 12 nitrogen and oxygen atoms in total. The fourth-order valence-corrected chi connectivity index (χ4v) is 6.81. The van der Waals surface area contributed by atoms with Gasteiger partial charge in [-0.05, 0) is 53.9 Å². The van der Waals surface area contributed by atoms with E-state index in [1.807, 2.05) is 45.0 Å². The van der Waals surface area contributed by atoms with E-state index in [9.17, 15) is 24.0 Å². The summed E-state index contributed by atoms with van der Waals surface area (Å²) in [4.78, 5) is 58.8. The van der Waals surface area contributed by atoms with Crippen molar-refractivity contribution >= 4 is 29.8 Å². The second kappa shape index (κ2) is 19.7. The maximum atomic E-state index is 12.1. The number of likely N-dealkylation sites (tertiary alicyclic amines) is 1. The second-order valence-corrected chi connectivity index (χ2v) is 12.9. The highest BCUT2D eigenvalue weighted by Gasteiger charge is 2.35. The molecule has 0 bridgehead atoms. The van der Waals surface area contributed by atoms with Gasteiger partial charge >= 0.3 is 12.1 Å². The first-order valence-corrected chi connectivity index (χ1v) is 17.8. The Bertz CT molecular complexity index is 1420. The Morgan fingerprint density at radius 2 is 1.54 bits per heavy atom. The monoisotopic (exact) mass is 694 g/mol. The summed E-state index contributed by atoms with van der Waals surface area (Å²) in [5.74, 6) is -0.337. The zero-order valence-electron chi connectivity index (χ0n) is 30.0. The van der Waals surface area contributed by atoms with E-state index in [2.05, 4.69) is 46.6 Å². The minimum Gasteiger partial charge on any atom is -0.449 e. The van der Waals surface area contributed by atoms with Crippen molar-refractivity contribution < 1.29 is 38.6 Å². The van der Waals surface area contributed by atoms with Gasteiger partial charge in [-0.1, -0.05) is 89.1 Å². The molecule has 0 aromatic heterocycles. The highest BCUT2D eigenvalue weighted by molar-refractivity contribution is 5.88. The molecule has 3 aliphatic rings. The lowest BCUT2D eigenvalue weighted by molar-refractivity contribution is -0.156. The lowest BCUT2D eigenvalue weighted by atomic mass is 9.98. The smallest absolute Gasteiger partial charge is 0.407 e. The average molecular weight is 695 g/mol. The predicted molar refractivity (Wildman–Crippen MR) is 189 cm³/mol. The van der Waals surface area contributed by atoms with Crippen LogP contribution in [0.4, 0.5) is 4.79 Å². The van der Waals surface area contributed by atoms with Crippen LogP contribution in [0, 0.1) is 11.8 Å². The molecule has 2 heterocycles. The van der Waals surface area contributed by atoms with E-state index in [4.69, 9.17) is 15.6 Å². The molecule has 274 valence electrons. The van der Waals surface area contributed by atoms with E-state index in [-0.39, 0.29) is 42.1 Å². The molecule has 2 aliphatic heterocycles. The van der Waals surface area contributed by atoms with Crippen molar-refractivity contribution in [3.8, 4) is 11.1 Å². The van der Waals surface area contributed by atoms with Gasteiger partial charge in [0.25, 0.3) is 0 Å². The van der Waals surface area contributed by atoms with Crippen LogP contribution >= 0.6 is 0 Å². The zero-order valence-corrected chi connectivity index (χ0v) is 30.0. The summed E-state index contributed by atoms with van der Waals surface area (Å²) in [6.07, 6.45) is 4.66. The number of aliphatic hydroxyl groups is 1. The molecule has 5 unspecified atom stereocenters. The Labute approximate surface area is 295 Å². The van der Waals surface area contributed by atoms with Crippen molar-refractivity contribution in [1.29, 1.82) is 0 Å². The normalized spacial score (nSPS) is 20.2. The molecule has 2 saturated heterocycles. The van der Waals surface area contributed by atoms with Gasteiger partial charge in [-0.3, -0.25) is 19.2 Å². The maximum Gasteiger partial charge on any atom is 0.407 e. The molecule has 2 aromatic carbocycles. The topological polar surface area (TPSA) is 177 Å². The van der Waals surface area contributed by atoms with Gasteiger partial charge in [0, 0.05) is 31.8 Å². The number of rotatable bonds is 12. The third-order valence-electron chi connectivity index (χ3n) is 9.38. The molecule has 2 aromatic rings. The third-order valence-corrected chi connectivity index (χ3v) is 9.38. The predicted octanol–water partition coefficient (Wildman–Crippen LogP) is 4.62. The number of ether oxygens (including phenoxy) is 2. The van der Waals surface area contributed by atoms with Gasteiger partial charge in [0.05, 0.1) is 6.42 Å². The number of carbonyl (C=O) groups excluding carboxylic acids is 5. The summed E-state index contributed by atoms with van der Waals surface area (Å²) in [7, 11) is 1.55. The third kappa shape index (κ3) is 10.5. The van der Waals surface area contributed by atoms with Crippen LogP contribution < -0.4 is 16.4 Å². The van der Waals surface area contributed by atoms with Gasteiger partial charge in [-0.2, -0.15) is 0 Å². The Morgan fingerprint density at radius 3 is 2.02 bits per heavy atom. The molecule has 0 saturated carbocycles. The van der Waals surface area contributed by atoms with E-state index in [1.165, 1.54) is 11.1 Å². The van der Waals surface area contributed by atoms with Crippen LogP contribution in [0.2, 0.25) is 0 Å². The number of amides is 4. The first-order chi connectivity index (χ1) is 24.0. The molecule has 0 spiro atoms. The van der Waals surface area contributed by atoms with Gasteiger partial charge < -0.3 is 35.8 Å². The number of nitrogens with one attached hydrogen (secondary N) is 2. The van der Waals surface area contributed by atoms with Crippen LogP contribution in [0.25, 0.3) is 11.1 Å². The van der Waals surface area contributed by atoms with E-state index in [1.54, 1.807) is 11.9 Å². The van der Waals surface area contributed by atoms with Gasteiger partial charge in [0.15, 0.2) is 0 Å². The summed E-state index contributed by atoms with van der Waals surface area (Å²) in [5.41, 5.74) is 9.97. The number of likely N-dealkylation sites (N-methyl/N-ethyl adjacent to an activating group) is 1. The number of cyclic esters (lactones) is 1. The molecule has 1 aliphatic carbocycles. The second-order valence-electron chi connectivity index (χ2n) is 12.9. The first kappa shape index (κ1) is 40.0. The fourth-order valence-electron chi connectivity index (χ4n) is 6.81. The lowest BCUT2D eigenvalue weighted by Crippen LogP contribution is -2.45. The molecule has 0 radical (unpaired) electrons. The van der Waals surface area contributed by atoms with E-state index in [0.29, 0.717) is 38.1 Å². The maximum absolute atomic E-state index is 12.1. The van der Waals surface area contributed by atoms with Gasteiger partial charge in [0.1, 0.15) is 18.7 Å². The van der Waals surface area contributed by atoms with E-state index >= 15 is 0 Å². The Morgan fingerprint density at radius 1 is 0.940 bits per heavy atom. The number of nitrogens with zero attached hydrogens (tertiary/aromatic N) is 1. The van der Waals surface area contributed by atoms with Crippen molar-refractivity contribution in [2.75, 3.05) is 20.2 Å². The lowest BCUT2D eigenvalue weighted by Gasteiger charge is -2.24. The molecular formula is C38H54N4O8. The molecule has 5 atom stereocenters. The summed E-state index contributed by atoms with van der Waals surface area (Å²) < 4.78 is 9.98. The molecular weight excluding hydrogens is 640 g/mol. The number of alkyl carbamates (subject to hydrolysis) is 1. The summed E-state index contributed by atoms with van der Waals surface area (Å²) in [5, 5.41) is 14.2. The SMILES string of the molecule is CCC(NC(=O)OCC1c2ccccc2-c2ccccc21)C(=O)NC.CCCC1CC(=O)N(C(CC)C(N)=O)C1.CCCC1CC(=O)OC1O. The molecule has 5 N–H and O–H groups in total. The van der Waals surface area contributed by atoms with Crippen molar-refractivity contribution in [3.05, 3.63) is 59.7 Å². The van der Waals surface area contributed by atoms with Crippen LogP contribution in [-0.2, 0) is 28.7 Å². The zero-order chi connectivity index (χ0) is 36.8. The molecule has 50 heavy (non-hydrogen) atoms. The number of aliphatic hydroxyl groups excluding tert-OH is 1. The van der Waals surface area contributed by atoms with Gasteiger partial charge in [-0.25, -0.2) is 4.79 Å². The molecule has 12 heteroatoms. The number of primary amides is 1. The minimum atomic E-state index is -0.840. The number of nitrogens with two attached hydrogens (primary N) is 1. The van der Waals surface area contributed by atoms with Crippen molar-refractivity contribution in [2.24, 2.45) is 17.6 Å². The first-order valence-electron chi connectivity index (χ1n) is 17.8. The number of hydrogen-bond donors (Lipinski definition) is 4. The van der Waals surface area contributed by atoms with Crippen LogP contribution in [0.5, 0.6) is 0 Å². The Kier molecular flexibility index (Phi) is 15.7. The van der Waals surface area contributed by atoms with Crippen LogP contribution in [0.15, 0.2) is 48.5 Å². The van der Waals surface area contributed by atoms with Gasteiger partial charge in [0.2, 0.25) is 24.0 Å². The standard InChI is InChI=1S/C20H22N2O3.C11H20N2O2.C7H12O3/c1-3-18(19(23)21-2)22-20(24)25-12-17-15-10-6-4-8-13(15)14-9-5-7-11-16(14)17;1-3-5-8-6-10(14)13(7-8)9(4-2)11(12)15;1-2-3-5-4-6(8)10-7(5)9/h4-11,17-18H,3,12H2,1-2H3,(H,21,23)(H,22,24);8-9H,3-7H2,1-2H3,(H2,12,15);5,7,9H,2-4H2,1H3. The number of hydrogen-bond acceptors (Lipinski definition) is 8. The summed E-state index contributed by atoms with van der Waals surface area (Å²) in [6.45, 7) is 8.80. The van der Waals surface area contributed by atoms with Crippen LogP contribution in [0.1, 0.15) is 96.1 Å². The molecule has 2 fully saturated rings. The van der Waals surface area contributed by atoms with Crippen molar-refractivity contribution in [3.63, 3.8) is 0 Å². The largest absolute Gasteiger partial charge is 0.449 e. The highest BCUT2D eigenvalue weighted by atomic mass is 16.6. The van der Waals surface area contributed by atoms with E-state index < -0.39 is 24.5 Å². The minimum absolute atomic E-state index is 0.0122. The summed E-state index contributed by atoms with van der Waals surface area (Å²) >= 11 is 0. The molecule has 4 amide bonds. The van der Waals surface area contributed by atoms with Crippen molar-refractivity contribution in [2.45, 2.75) is 103 Å². The number of carbonyl (C=O) groups is 5.